The number of rotatable bonds is 6. The Kier molecular flexibility index (Phi) is 5.24. The molecule has 2 rings (SSSR count). The van der Waals surface area contributed by atoms with Crippen molar-refractivity contribution < 1.29 is 18.3 Å². The molecule has 0 aliphatic carbocycles. The van der Waals surface area contributed by atoms with Crippen molar-refractivity contribution in [2.24, 2.45) is 0 Å². The van der Waals surface area contributed by atoms with Crippen molar-refractivity contribution in [2.75, 3.05) is 12.4 Å². The summed E-state index contributed by atoms with van der Waals surface area (Å²) in [6.45, 7) is 1.69. The number of carbonyl (C=O) groups excluding carboxylic acids is 1. The van der Waals surface area contributed by atoms with Crippen LogP contribution in [0.5, 0.6) is 0 Å². The lowest BCUT2D eigenvalue weighted by atomic mass is 10.4. The lowest BCUT2D eigenvalue weighted by Crippen LogP contribution is -2.20. The van der Waals surface area contributed by atoms with Gasteiger partial charge in [0.25, 0.3) is 6.43 Å². The first kappa shape index (κ1) is 16.6. The summed E-state index contributed by atoms with van der Waals surface area (Å²) in [6.07, 6.45) is 0.357. The first-order chi connectivity index (χ1) is 10.4. The topological polar surface area (TPSA) is 74.0 Å². The van der Waals surface area contributed by atoms with Gasteiger partial charge in [0.15, 0.2) is 0 Å². The van der Waals surface area contributed by atoms with E-state index in [1.807, 2.05) is 0 Å². The molecule has 0 aliphatic heterocycles. The Hall–Kier alpha value is -1.81. The molecule has 120 valence electrons. The fourth-order valence-electron chi connectivity index (χ4n) is 1.81. The van der Waals surface area contributed by atoms with Crippen LogP contribution in [0.25, 0.3) is 0 Å². The number of aromatic nitrogens is 4. The molecule has 0 fully saturated rings. The zero-order chi connectivity index (χ0) is 16.3. The quantitative estimate of drug-likeness (QED) is 0.838. The largest absolute Gasteiger partial charge is 0.362 e. The third-order valence-electron chi connectivity index (χ3n) is 2.84. The number of ether oxygens (including phenoxy) is 1. The Balaban J connectivity index is 2.04. The highest BCUT2D eigenvalue weighted by atomic mass is 79.9. The average Bonchev–Trinajstić information content (AvgIpc) is 2.99. The van der Waals surface area contributed by atoms with Crippen molar-refractivity contribution in [3.8, 4) is 0 Å². The zero-order valence-electron chi connectivity index (χ0n) is 11.9. The summed E-state index contributed by atoms with van der Waals surface area (Å²) < 4.78 is 33.3. The minimum atomic E-state index is -2.70. The molecule has 0 spiro atoms. The second-order valence-electron chi connectivity index (χ2n) is 4.48. The van der Waals surface area contributed by atoms with Crippen LogP contribution in [0, 0.1) is 6.92 Å². The molecule has 0 bridgehead atoms. The molecule has 1 N–H and O–H groups in total. The molecular weight excluding hydrogens is 364 g/mol. The molecule has 2 aromatic rings. The lowest BCUT2D eigenvalue weighted by molar-refractivity contribution is -0.117. The van der Waals surface area contributed by atoms with Gasteiger partial charge in [0.05, 0.1) is 28.2 Å². The molecule has 2 aromatic heterocycles. The Morgan fingerprint density at radius 3 is 2.86 bits per heavy atom. The standard InChI is InChI=1S/C12H14BrF2N5O2/c1-7-10(13)11(12(14)15)18-20(7)5-9(21)17-8-3-16-19(4-8)6-22-2/h3-4,12H,5-6H2,1-2H3,(H,17,21). The second kappa shape index (κ2) is 6.97. The molecule has 7 nitrogen and oxygen atoms in total. The van der Waals surface area contributed by atoms with Gasteiger partial charge in [-0.15, -0.1) is 0 Å². The first-order valence-electron chi connectivity index (χ1n) is 6.24. The molecule has 0 unspecified atom stereocenters. The second-order valence-corrected chi connectivity index (χ2v) is 5.27. The van der Waals surface area contributed by atoms with E-state index in [0.717, 1.165) is 0 Å². The van der Waals surface area contributed by atoms with E-state index < -0.39 is 12.3 Å². The van der Waals surface area contributed by atoms with Gasteiger partial charge in [-0.2, -0.15) is 10.2 Å². The van der Waals surface area contributed by atoms with E-state index in [9.17, 15) is 13.6 Å². The van der Waals surface area contributed by atoms with Crippen LogP contribution >= 0.6 is 15.9 Å². The van der Waals surface area contributed by atoms with Crippen molar-refractivity contribution in [3.05, 3.63) is 28.3 Å². The summed E-state index contributed by atoms with van der Waals surface area (Å²) in [5.41, 5.74) is 0.568. The summed E-state index contributed by atoms with van der Waals surface area (Å²) in [6, 6.07) is 0. The number of nitrogens with zero attached hydrogens (tertiary/aromatic N) is 4. The number of nitrogens with one attached hydrogen (secondary N) is 1. The molecule has 1 amide bonds. The van der Waals surface area contributed by atoms with Crippen LogP contribution < -0.4 is 5.32 Å². The SMILES string of the molecule is COCn1cc(NC(=O)Cn2nc(C(F)F)c(Br)c2C)cn1. The maximum atomic E-state index is 12.8. The number of methoxy groups -OCH3 is 1. The van der Waals surface area contributed by atoms with Crippen LogP contribution in [0.3, 0.4) is 0 Å². The van der Waals surface area contributed by atoms with Crippen LogP contribution in [0.1, 0.15) is 17.8 Å². The van der Waals surface area contributed by atoms with Crippen LogP contribution in [-0.2, 0) is 22.8 Å². The van der Waals surface area contributed by atoms with E-state index in [2.05, 4.69) is 31.4 Å². The molecular formula is C12H14BrF2N5O2. The first-order valence-corrected chi connectivity index (χ1v) is 7.04. The summed E-state index contributed by atoms with van der Waals surface area (Å²) >= 11 is 3.06. The summed E-state index contributed by atoms with van der Waals surface area (Å²) in [5.74, 6) is -0.393. The van der Waals surface area contributed by atoms with Crippen molar-refractivity contribution in [2.45, 2.75) is 26.6 Å². The highest BCUT2D eigenvalue weighted by Gasteiger charge is 2.21. The summed E-state index contributed by atoms with van der Waals surface area (Å²) in [7, 11) is 1.53. The predicted octanol–water partition coefficient (Wildman–Crippen LogP) is 2.33. The van der Waals surface area contributed by atoms with Gasteiger partial charge >= 0.3 is 0 Å². The van der Waals surface area contributed by atoms with Gasteiger partial charge < -0.3 is 10.1 Å². The number of amides is 1. The maximum absolute atomic E-state index is 12.8. The van der Waals surface area contributed by atoms with Crippen LogP contribution in [0.4, 0.5) is 14.5 Å². The normalized spacial score (nSPS) is 11.2. The van der Waals surface area contributed by atoms with E-state index >= 15 is 0 Å². The molecule has 0 saturated carbocycles. The Morgan fingerprint density at radius 2 is 2.27 bits per heavy atom. The lowest BCUT2D eigenvalue weighted by Gasteiger charge is -2.04. The van der Waals surface area contributed by atoms with Gasteiger partial charge in [-0.3, -0.25) is 9.48 Å². The molecule has 0 aliphatic rings. The monoisotopic (exact) mass is 377 g/mol. The van der Waals surface area contributed by atoms with Gasteiger partial charge in [-0.25, -0.2) is 13.5 Å². The third kappa shape index (κ3) is 3.69. The highest BCUT2D eigenvalue weighted by Crippen LogP contribution is 2.28. The minimum Gasteiger partial charge on any atom is -0.362 e. The van der Waals surface area contributed by atoms with Crippen molar-refractivity contribution in [3.63, 3.8) is 0 Å². The molecule has 0 saturated heterocycles. The molecule has 0 aromatic carbocycles. The van der Waals surface area contributed by atoms with Gasteiger partial charge in [0, 0.05) is 7.11 Å². The molecule has 22 heavy (non-hydrogen) atoms. The van der Waals surface area contributed by atoms with Gasteiger partial charge in [0.1, 0.15) is 19.0 Å². The number of carbonyl (C=O) groups is 1. The Bertz CT molecular complexity index is 671. The molecule has 0 atom stereocenters. The fraction of sp³-hybridized carbons (Fsp3) is 0.417. The zero-order valence-corrected chi connectivity index (χ0v) is 13.5. The van der Waals surface area contributed by atoms with Crippen molar-refractivity contribution in [1.82, 2.24) is 19.6 Å². The van der Waals surface area contributed by atoms with E-state index in [0.29, 0.717) is 11.4 Å². The maximum Gasteiger partial charge on any atom is 0.283 e. The smallest absolute Gasteiger partial charge is 0.283 e. The minimum absolute atomic E-state index is 0.174. The van der Waals surface area contributed by atoms with Crippen LogP contribution in [0.2, 0.25) is 0 Å². The molecule has 2 heterocycles. The number of hydrogen-bond acceptors (Lipinski definition) is 4. The molecule has 10 heteroatoms. The van der Waals surface area contributed by atoms with Crippen molar-refractivity contribution in [1.29, 1.82) is 0 Å². The Labute approximate surface area is 133 Å². The van der Waals surface area contributed by atoms with Gasteiger partial charge in [0.2, 0.25) is 5.91 Å². The van der Waals surface area contributed by atoms with E-state index in [4.69, 9.17) is 4.74 Å². The van der Waals surface area contributed by atoms with E-state index in [1.54, 1.807) is 13.1 Å². The summed E-state index contributed by atoms with van der Waals surface area (Å²) in [4.78, 5) is 11.9. The van der Waals surface area contributed by atoms with Gasteiger partial charge in [-0.1, -0.05) is 0 Å². The third-order valence-corrected chi connectivity index (χ3v) is 3.82. The summed E-state index contributed by atoms with van der Waals surface area (Å²) in [5, 5.41) is 10.3. The van der Waals surface area contributed by atoms with Crippen molar-refractivity contribution >= 4 is 27.5 Å². The number of halogens is 3. The van der Waals surface area contributed by atoms with E-state index in [1.165, 1.54) is 22.7 Å². The van der Waals surface area contributed by atoms with Gasteiger partial charge in [-0.05, 0) is 22.9 Å². The fourth-order valence-corrected chi connectivity index (χ4v) is 2.27. The molecule has 0 radical (unpaired) electrons. The van der Waals surface area contributed by atoms with E-state index in [-0.39, 0.29) is 23.4 Å². The highest BCUT2D eigenvalue weighted by molar-refractivity contribution is 9.10. The predicted molar refractivity (Wildman–Crippen MR) is 77.5 cm³/mol. The average molecular weight is 378 g/mol. The number of alkyl halides is 2. The Morgan fingerprint density at radius 1 is 1.55 bits per heavy atom. The van der Waals surface area contributed by atoms with Crippen LogP contribution in [0.15, 0.2) is 16.9 Å². The number of hydrogen-bond donors (Lipinski definition) is 1. The number of anilines is 1. The van der Waals surface area contributed by atoms with Crippen LogP contribution in [-0.4, -0.2) is 32.6 Å².